The smallest absolute Gasteiger partial charge is 0.128 e. The van der Waals surface area contributed by atoms with E-state index in [1.165, 1.54) is 18.9 Å². The van der Waals surface area contributed by atoms with Gasteiger partial charge in [-0.3, -0.25) is 0 Å². The molecule has 1 aliphatic carbocycles. The van der Waals surface area contributed by atoms with Crippen molar-refractivity contribution in [3.63, 3.8) is 0 Å². The highest BCUT2D eigenvalue weighted by Gasteiger charge is 2.29. The Morgan fingerprint density at radius 1 is 1.29 bits per heavy atom. The number of rotatable bonds is 4. The molecule has 118 valence electrons. The fraction of sp³-hybridized carbons (Fsp3) is 0.647. The molecule has 2 nitrogen and oxygen atoms in total. The molecule has 4 heteroatoms. The van der Waals surface area contributed by atoms with E-state index in [0.29, 0.717) is 18.0 Å². The van der Waals surface area contributed by atoms with Gasteiger partial charge in [0.1, 0.15) is 11.6 Å². The molecule has 1 saturated carbocycles. The zero-order valence-electron chi connectivity index (χ0n) is 13.2. The number of hydrogen-bond acceptors (Lipinski definition) is 2. The summed E-state index contributed by atoms with van der Waals surface area (Å²) in [6.45, 7) is 5.15. The molecule has 2 rings (SSSR count). The summed E-state index contributed by atoms with van der Waals surface area (Å²) in [7, 11) is 2.03. The second-order valence-electron chi connectivity index (χ2n) is 7.11. The van der Waals surface area contributed by atoms with Gasteiger partial charge in [-0.25, -0.2) is 8.78 Å². The molecule has 0 heterocycles. The first-order chi connectivity index (χ1) is 9.78. The zero-order valence-corrected chi connectivity index (χ0v) is 13.2. The number of likely N-dealkylation sites (N-methyl/N-ethyl adjacent to an activating group) is 1. The van der Waals surface area contributed by atoms with Crippen molar-refractivity contribution >= 4 is 0 Å². The summed E-state index contributed by atoms with van der Waals surface area (Å²) in [5.41, 5.74) is 6.76. The third-order valence-corrected chi connectivity index (χ3v) is 4.77. The van der Waals surface area contributed by atoms with Crippen LogP contribution < -0.4 is 5.73 Å². The fourth-order valence-corrected chi connectivity index (χ4v) is 3.18. The van der Waals surface area contributed by atoms with Crippen molar-refractivity contribution in [2.24, 2.45) is 11.1 Å². The third-order valence-electron chi connectivity index (χ3n) is 4.77. The predicted octanol–water partition coefficient (Wildman–Crippen LogP) is 3.87. The SMILES string of the molecule is CN(CC(N)c1cc(F)ccc1F)C1CCC(C)(C)CC1. The van der Waals surface area contributed by atoms with Gasteiger partial charge in [0.05, 0.1) is 0 Å². The molecule has 1 aliphatic rings. The average Bonchev–Trinajstić information content (AvgIpc) is 2.41. The summed E-state index contributed by atoms with van der Waals surface area (Å²) < 4.78 is 27.0. The quantitative estimate of drug-likeness (QED) is 0.914. The van der Waals surface area contributed by atoms with E-state index in [4.69, 9.17) is 5.73 Å². The van der Waals surface area contributed by atoms with Crippen LogP contribution in [0.15, 0.2) is 18.2 Å². The van der Waals surface area contributed by atoms with Crippen LogP contribution in [0.2, 0.25) is 0 Å². The highest BCUT2D eigenvalue weighted by atomic mass is 19.1. The van der Waals surface area contributed by atoms with E-state index in [1.807, 2.05) is 7.05 Å². The molecule has 1 fully saturated rings. The van der Waals surface area contributed by atoms with E-state index in [9.17, 15) is 8.78 Å². The lowest BCUT2D eigenvalue weighted by Gasteiger charge is -2.39. The maximum Gasteiger partial charge on any atom is 0.128 e. The van der Waals surface area contributed by atoms with Crippen molar-refractivity contribution in [1.82, 2.24) is 4.90 Å². The Balaban J connectivity index is 1.96. The lowest BCUT2D eigenvalue weighted by atomic mass is 9.75. The van der Waals surface area contributed by atoms with Gasteiger partial charge in [0.25, 0.3) is 0 Å². The van der Waals surface area contributed by atoms with Gasteiger partial charge < -0.3 is 10.6 Å². The molecular formula is C17H26F2N2. The maximum absolute atomic E-state index is 13.7. The molecule has 0 amide bonds. The Hall–Kier alpha value is -1.00. The molecule has 1 atom stereocenters. The molecule has 0 radical (unpaired) electrons. The molecule has 1 aromatic carbocycles. The van der Waals surface area contributed by atoms with Crippen molar-refractivity contribution in [2.75, 3.05) is 13.6 Å². The molecule has 2 N–H and O–H groups in total. The minimum Gasteiger partial charge on any atom is -0.323 e. The second-order valence-corrected chi connectivity index (χ2v) is 7.11. The first kappa shape index (κ1) is 16.4. The topological polar surface area (TPSA) is 29.3 Å². The normalized spacial score (nSPS) is 20.7. The van der Waals surface area contributed by atoms with Crippen LogP contribution >= 0.6 is 0 Å². The van der Waals surface area contributed by atoms with Gasteiger partial charge in [-0.15, -0.1) is 0 Å². The molecule has 0 aliphatic heterocycles. The van der Waals surface area contributed by atoms with Gasteiger partial charge in [0.15, 0.2) is 0 Å². The first-order valence-corrected chi connectivity index (χ1v) is 7.69. The van der Waals surface area contributed by atoms with E-state index >= 15 is 0 Å². The maximum atomic E-state index is 13.7. The molecule has 0 spiro atoms. The summed E-state index contributed by atoms with van der Waals surface area (Å²) in [5.74, 6) is -0.869. The van der Waals surface area contributed by atoms with Crippen molar-refractivity contribution < 1.29 is 8.78 Å². The van der Waals surface area contributed by atoms with Crippen molar-refractivity contribution in [2.45, 2.75) is 51.6 Å². The molecule has 0 bridgehead atoms. The monoisotopic (exact) mass is 296 g/mol. The van der Waals surface area contributed by atoms with Crippen molar-refractivity contribution in [1.29, 1.82) is 0 Å². The van der Waals surface area contributed by atoms with Crippen molar-refractivity contribution in [3.8, 4) is 0 Å². The van der Waals surface area contributed by atoms with Crippen LogP contribution in [0.4, 0.5) is 8.78 Å². The molecule has 1 aromatic rings. The number of nitrogens with zero attached hydrogens (tertiary/aromatic N) is 1. The van der Waals surface area contributed by atoms with E-state index in [2.05, 4.69) is 18.7 Å². The van der Waals surface area contributed by atoms with E-state index in [1.54, 1.807) is 0 Å². The molecule has 0 saturated heterocycles. The molecular weight excluding hydrogens is 270 g/mol. The fourth-order valence-electron chi connectivity index (χ4n) is 3.18. The lowest BCUT2D eigenvalue weighted by Crippen LogP contribution is -2.40. The summed E-state index contributed by atoms with van der Waals surface area (Å²) in [4.78, 5) is 2.20. The Labute approximate surface area is 126 Å². The first-order valence-electron chi connectivity index (χ1n) is 7.69. The summed E-state index contributed by atoms with van der Waals surface area (Å²) >= 11 is 0. The van der Waals surface area contributed by atoms with Crippen LogP contribution in [0, 0.1) is 17.0 Å². The van der Waals surface area contributed by atoms with Crippen LogP contribution in [-0.4, -0.2) is 24.5 Å². The standard InChI is InChI=1S/C17H26F2N2/c1-17(2)8-6-13(7-9-17)21(3)11-16(20)14-10-12(18)4-5-15(14)19/h4-5,10,13,16H,6-9,11,20H2,1-3H3. The average molecular weight is 296 g/mol. The van der Waals surface area contributed by atoms with Crippen LogP contribution in [0.3, 0.4) is 0 Å². The van der Waals surface area contributed by atoms with Crippen LogP contribution in [0.1, 0.15) is 51.1 Å². The Morgan fingerprint density at radius 2 is 1.90 bits per heavy atom. The Bertz CT molecular complexity index is 478. The predicted molar refractivity (Wildman–Crippen MR) is 82.0 cm³/mol. The zero-order chi connectivity index (χ0) is 15.6. The second kappa shape index (κ2) is 6.41. The van der Waals surface area contributed by atoms with E-state index in [-0.39, 0.29) is 5.56 Å². The Morgan fingerprint density at radius 3 is 2.52 bits per heavy atom. The minimum atomic E-state index is -0.499. The van der Waals surface area contributed by atoms with Crippen molar-refractivity contribution in [3.05, 3.63) is 35.4 Å². The third kappa shape index (κ3) is 4.24. The van der Waals surface area contributed by atoms with Gasteiger partial charge in [0, 0.05) is 24.2 Å². The highest BCUT2D eigenvalue weighted by molar-refractivity contribution is 5.22. The molecule has 0 aromatic heterocycles. The number of halogens is 2. The number of benzene rings is 1. The van der Waals surface area contributed by atoms with Gasteiger partial charge in [0.2, 0.25) is 0 Å². The summed E-state index contributed by atoms with van der Waals surface area (Å²) in [6, 6.07) is 3.46. The van der Waals surface area contributed by atoms with Crippen LogP contribution in [0.25, 0.3) is 0 Å². The van der Waals surface area contributed by atoms with Gasteiger partial charge in [-0.2, -0.15) is 0 Å². The van der Waals surface area contributed by atoms with E-state index < -0.39 is 17.7 Å². The van der Waals surface area contributed by atoms with E-state index in [0.717, 1.165) is 25.0 Å². The highest BCUT2D eigenvalue weighted by Crippen LogP contribution is 2.36. The largest absolute Gasteiger partial charge is 0.323 e. The van der Waals surface area contributed by atoms with Gasteiger partial charge in [-0.05, 0) is 56.3 Å². The lowest BCUT2D eigenvalue weighted by molar-refractivity contribution is 0.122. The molecule has 1 unspecified atom stereocenters. The molecule has 21 heavy (non-hydrogen) atoms. The number of hydrogen-bond donors (Lipinski definition) is 1. The Kier molecular flexibility index (Phi) is 4.99. The number of nitrogens with two attached hydrogens (primary N) is 1. The minimum absolute atomic E-state index is 0.262. The van der Waals surface area contributed by atoms with Crippen LogP contribution in [0.5, 0.6) is 0 Å². The summed E-state index contributed by atoms with van der Waals surface area (Å²) in [5, 5.41) is 0. The summed E-state index contributed by atoms with van der Waals surface area (Å²) in [6.07, 6.45) is 4.68. The van der Waals surface area contributed by atoms with Gasteiger partial charge in [-0.1, -0.05) is 13.8 Å². The van der Waals surface area contributed by atoms with Gasteiger partial charge >= 0.3 is 0 Å². The van der Waals surface area contributed by atoms with Crippen LogP contribution in [-0.2, 0) is 0 Å².